The van der Waals surface area contributed by atoms with E-state index in [0.717, 1.165) is 31.5 Å². The summed E-state index contributed by atoms with van der Waals surface area (Å²) in [6.45, 7) is 2.02. The molecule has 4 nitrogen and oxygen atoms in total. The molecule has 1 aliphatic heterocycles. The van der Waals surface area contributed by atoms with Gasteiger partial charge >= 0.3 is 6.03 Å². The maximum atomic E-state index is 13.3. The van der Waals surface area contributed by atoms with Crippen LogP contribution in [-0.4, -0.2) is 36.6 Å². The summed E-state index contributed by atoms with van der Waals surface area (Å²) in [7, 11) is 0. The van der Waals surface area contributed by atoms with E-state index in [1.54, 1.807) is 6.07 Å². The van der Waals surface area contributed by atoms with Crippen molar-refractivity contribution in [3.63, 3.8) is 0 Å². The van der Waals surface area contributed by atoms with Crippen molar-refractivity contribution in [2.24, 2.45) is 0 Å². The maximum absolute atomic E-state index is 13.3. The Bertz CT molecular complexity index is 692. The van der Waals surface area contributed by atoms with Crippen molar-refractivity contribution >= 4 is 11.7 Å². The molecule has 0 spiro atoms. The van der Waals surface area contributed by atoms with Crippen LogP contribution in [0.15, 0.2) is 54.6 Å². The Morgan fingerprint density at radius 3 is 2.80 bits per heavy atom. The number of likely N-dealkylation sites (tertiary alicyclic amines) is 1. The molecular formula is C20H24FN3O. The lowest BCUT2D eigenvalue weighted by atomic mass is 10.1. The zero-order valence-corrected chi connectivity index (χ0v) is 14.2. The molecule has 2 aromatic rings. The monoisotopic (exact) mass is 341 g/mol. The second-order valence-corrected chi connectivity index (χ2v) is 6.41. The number of anilines is 1. The lowest BCUT2D eigenvalue weighted by Gasteiger charge is -2.33. The summed E-state index contributed by atoms with van der Waals surface area (Å²) in [4.78, 5) is 14.2. The lowest BCUT2D eigenvalue weighted by molar-refractivity contribution is 0.182. The molecule has 1 saturated heterocycles. The van der Waals surface area contributed by atoms with Gasteiger partial charge in [0.05, 0.1) is 0 Å². The molecule has 1 fully saturated rings. The largest absolute Gasteiger partial charge is 0.380 e. The molecule has 0 unspecified atom stereocenters. The molecule has 0 aromatic heterocycles. The van der Waals surface area contributed by atoms with E-state index in [9.17, 15) is 9.18 Å². The van der Waals surface area contributed by atoms with Crippen LogP contribution in [-0.2, 0) is 6.42 Å². The highest BCUT2D eigenvalue weighted by Crippen LogP contribution is 2.17. The average Bonchev–Trinajstić information content (AvgIpc) is 2.63. The Balaban J connectivity index is 1.46. The number of amides is 2. The Morgan fingerprint density at radius 1 is 1.16 bits per heavy atom. The molecule has 0 aliphatic carbocycles. The van der Waals surface area contributed by atoms with Crippen LogP contribution in [0.25, 0.3) is 0 Å². The Morgan fingerprint density at radius 2 is 2.00 bits per heavy atom. The minimum Gasteiger partial charge on any atom is -0.380 e. The number of halogens is 1. The van der Waals surface area contributed by atoms with Crippen LogP contribution >= 0.6 is 0 Å². The minimum atomic E-state index is -0.253. The topological polar surface area (TPSA) is 44.4 Å². The summed E-state index contributed by atoms with van der Waals surface area (Å²) in [5, 5.41) is 6.32. The van der Waals surface area contributed by atoms with Gasteiger partial charge in [-0.1, -0.05) is 36.4 Å². The Labute approximate surface area is 148 Å². The van der Waals surface area contributed by atoms with E-state index in [4.69, 9.17) is 0 Å². The van der Waals surface area contributed by atoms with Gasteiger partial charge in [0, 0.05) is 31.4 Å². The zero-order chi connectivity index (χ0) is 17.5. The van der Waals surface area contributed by atoms with Crippen LogP contribution < -0.4 is 10.6 Å². The van der Waals surface area contributed by atoms with Crippen LogP contribution in [0.3, 0.4) is 0 Å². The number of nitrogens with zero attached hydrogens (tertiary/aromatic N) is 1. The van der Waals surface area contributed by atoms with Gasteiger partial charge in [0.1, 0.15) is 5.82 Å². The first kappa shape index (κ1) is 17.3. The van der Waals surface area contributed by atoms with Crippen LogP contribution in [0, 0.1) is 5.82 Å². The van der Waals surface area contributed by atoms with E-state index in [1.807, 2.05) is 29.2 Å². The SMILES string of the molecule is O=C(NCCc1ccccc1)N1CCC[C@@H](Nc2cccc(F)c2)C1. The van der Waals surface area contributed by atoms with Crippen molar-refractivity contribution in [1.29, 1.82) is 0 Å². The molecule has 0 saturated carbocycles. The first-order valence-electron chi connectivity index (χ1n) is 8.79. The van der Waals surface area contributed by atoms with Gasteiger partial charge in [0.2, 0.25) is 0 Å². The number of hydrogen-bond acceptors (Lipinski definition) is 2. The molecule has 2 amide bonds. The number of carbonyl (C=O) groups is 1. The summed E-state index contributed by atoms with van der Waals surface area (Å²) in [6.07, 6.45) is 2.74. The van der Waals surface area contributed by atoms with Gasteiger partial charge in [-0.05, 0) is 43.0 Å². The van der Waals surface area contributed by atoms with Gasteiger partial charge in [0.25, 0.3) is 0 Å². The van der Waals surface area contributed by atoms with E-state index < -0.39 is 0 Å². The first-order valence-corrected chi connectivity index (χ1v) is 8.79. The van der Waals surface area contributed by atoms with Crippen LogP contribution in [0.2, 0.25) is 0 Å². The fourth-order valence-corrected chi connectivity index (χ4v) is 3.16. The number of hydrogen-bond donors (Lipinski definition) is 2. The number of nitrogens with one attached hydrogen (secondary N) is 2. The Hall–Kier alpha value is -2.56. The molecule has 3 rings (SSSR count). The predicted octanol–water partition coefficient (Wildman–Crippen LogP) is 3.65. The van der Waals surface area contributed by atoms with Gasteiger partial charge in [-0.15, -0.1) is 0 Å². The van der Waals surface area contributed by atoms with Crippen LogP contribution in [0.1, 0.15) is 18.4 Å². The average molecular weight is 341 g/mol. The third-order valence-electron chi connectivity index (χ3n) is 4.44. The molecule has 5 heteroatoms. The standard InChI is InChI=1S/C20H24FN3O/c21-17-8-4-9-18(14-17)23-19-10-5-13-24(15-19)20(25)22-12-11-16-6-2-1-3-7-16/h1-4,6-9,14,19,23H,5,10-13,15H2,(H,22,25)/t19-/m1/s1. The molecule has 1 aliphatic rings. The molecule has 25 heavy (non-hydrogen) atoms. The summed E-state index contributed by atoms with van der Waals surface area (Å²) < 4.78 is 13.3. The van der Waals surface area contributed by atoms with Crippen molar-refractivity contribution in [2.45, 2.75) is 25.3 Å². The minimum absolute atomic E-state index is 0.0262. The third-order valence-corrected chi connectivity index (χ3v) is 4.44. The summed E-state index contributed by atoms with van der Waals surface area (Å²) >= 11 is 0. The lowest BCUT2D eigenvalue weighted by Crippen LogP contribution is -2.49. The highest BCUT2D eigenvalue weighted by Gasteiger charge is 2.23. The number of benzene rings is 2. The predicted molar refractivity (Wildman–Crippen MR) is 98.2 cm³/mol. The normalized spacial score (nSPS) is 17.2. The van der Waals surface area contributed by atoms with Gasteiger partial charge in [-0.3, -0.25) is 0 Å². The third kappa shape index (κ3) is 5.21. The van der Waals surface area contributed by atoms with Crippen molar-refractivity contribution in [3.05, 3.63) is 66.0 Å². The number of urea groups is 1. The number of rotatable bonds is 5. The first-order chi connectivity index (χ1) is 12.2. The molecule has 2 aromatic carbocycles. The van der Waals surface area contributed by atoms with Crippen molar-refractivity contribution in [1.82, 2.24) is 10.2 Å². The van der Waals surface area contributed by atoms with E-state index in [2.05, 4.69) is 22.8 Å². The van der Waals surface area contributed by atoms with Crippen molar-refractivity contribution in [3.8, 4) is 0 Å². The van der Waals surface area contributed by atoms with Gasteiger partial charge in [0.15, 0.2) is 0 Å². The summed E-state index contributed by atoms with van der Waals surface area (Å²) in [5.74, 6) is -0.253. The number of piperidine rings is 1. The van der Waals surface area contributed by atoms with Gasteiger partial charge in [-0.2, -0.15) is 0 Å². The zero-order valence-electron chi connectivity index (χ0n) is 14.2. The van der Waals surface area contributed by atoms with E-state index in [0.29, 0.717) is 13.1 Å². The van der Waals surface area contributed by atoms with Crippen molar-refractivity contribution < 1.29 is 9.18 Å². The molecule has 1 atom stereocenters. The van der Waals surface area contributed by atoms with Gasteiger partial charge in [-0.25, -0.2) is 9.18 Å². The van der Waals surface area contributed by atoms with Crippen molar-refractivity contribution in [2.75, 3.05) is 25.0 Å². The van der Waals surface area contributed by atoms with E-state index in [1.165, 1.54) is 17.7 Å². The molecular weight excluding hydrogens is 317 g/mol. The fourth-order valence-electron chi connectivity index (χ4n) is 3.16. The second kappa shape index (κ2) is 8.51. The highest BCUT2D eigenvalue weighted by atomic mass is 19.1. The van der Waals surface area contributed by atoms with E-state index >= 15 is 0 Å². The van der Waals surface area contributed by atoms with Crippen LogP contribution in [0.5, 0.6) is 0 Å². The molecule has 2 N–H and O–H groups in total. The quantitative estimate of drug-likeness (QED) is 0.872. The van der Waals surface area contributed by atoms with E-state index in [-0.39, 0.29) is 17.9 Å². The van der Waals surface area contributed by atoms with Gasteiger partial charge < -0.3 is 15.5 Å². The fraction of sp³-hybridized carbons (Fsp3) is 0.350. The molecule has 0 bridgehead atoms. The summed E-state index contributed by atoms with van der Waals surface area (Å²) in [6, 6.07) is 16.7. The molecule has 1 heterocycles. The second-order valence-electron chi connectivity index (χ2n) is 6.41. The number of carbonyl (C=O) groups excluding carboxylic acids is 1. The smallest absolute Gasteiger partial charge is 0.317 e. The summed E-state index contributed by atoms with van der Waals surface area (Å²) in [5.41, 5.74) is 1.98. The Kier molecular flexibility index (Phi) is 5.88. The highest BCUT2D eigenvalue weighted by molar-refractivity contribution is 5.74. The van der Waals surface area contributed by atoms with Crippen LogP contribution in [0.4, 0.5) is 14.9 Å². The molecule has 0 radical (unpaired) electrons. The maximum Gasteiger partial charge on any atom is 0.317 e. The molecule has 132 valence electrons.